The molecular weight excluding hydrogens is 270 g/mol. The van der Waals surface area contributed by atoms with Gasteiger partial charge in [0.1, 0.15) is 0 Å². The molecule has 0 spiro atoms. The molecule has 5 nitrogen and oxygen atoms in total. The number of carbonyl (C=O) groups is 1. The normalized spacial score (nSPS) is 12.0. The van der Waals surface area contributed by atoms with Crippen molar-refractivity contribution < 1.29 is 19.0 Å². The fourth-order valence-electron chi connectivity index (χ4n) is 2.17. The van der Waals surface area contributed by atoms with Gasteiger partial charge in [-0.1, -0.05) is 18.2 Å². The summed E-state index contributed by atoms with van der Waals surface area (Å²) in [7, 11) is 1.37. The van der Waals surface area contributed by atoms with Crippen molar-refractivity contribution in [2.45, 2.75) is 6.54 Å². The third kappa shape index (κ3) is 2.76. The largest absolute Gasteiger partial charge is 0.465 e. The Morgan fingerprint density at radius 1 is 1.19 bits per heavy atom. The van der Waals surface area contributed by atoms with E-state index in [9.17, 15) is 4.79 Å². The number of carbonyl (C=O) groups excluding carboxylic acids is 1. The second-order valence-corrected chi connectivity index (χ2v) is 4.58. The van der Waals surface area contributed by atoms with Gasteiger partial charge in [0.2, 0.25) is 6.79 Å². The number of methoxy groups -OCH3 is 1. The van der Waals surface area contributed by atoms with Gasteiger partial charge in [-0.3, -0.25) is 0 Å². The zero-order chi connectivity index (χ0) is 14.7. The number of ether oxygens (including phenoxy) is 3. The molecule has 0 unspecified atom stereocenters. The summed E-state index contributed by atoms with van der Waals surface area (Å²) in [5.41, 5.74) is 2.29. The maximum atomic E-state index is 11.7. The van der Waals surface area contributed by atoms with E-state index in [4.69, 9.17) is 14.2 Å². The summed E-state index contributed by atoms with van der Waals surface area (Å²) < 4.78 is 15.4. The van der Waals surface area contributed by atoms with E-state index in [1.54, 1.807) is 12.1 Å². The van der Waals surface area contributed by atoms with Gasteiger partial charge in [-0.25, -0.2) is 4.79 Å². The second-order valence-electron chi connectivity index (χ2n) is 4.58. The van der Waals surface area contributed by atoms with Gasteiger partial charge in [-0.05, 0) is 29.8 Å². The van der Waals surface area contributed by atoms with Crippen LogP contribution in [0.3, 0.4) is 0 Å². The predicted molar refractivity (Wildman–Crippen MR) is 77.7 cm³/mol. The number of anilines is 1. The van der Waals surface area contributed by atoms with Gasteiger partial charge in [0.25, 0.3) is 0 Å². The van der Waals surface area contributed by atoms with Crippen molar-refractivity contribution in [3.8, 4) is 11.5 Å². The lowest BCUT2D eigenvalue weighted by molar-refractivity contribution is 0.0602. The monoisotopic (exact) mass is 285 g/mol. The number of rotatable bonds is 4. The van der Waals surface area contributed by atoms with Crippen molar-refractivity contribution in [1.82, 2.24) is 0 Å². The topological polar surface area (TPSA) is 56.8 Å². The smallest absolute Gasteiger partial charge is 0.339 e. The van der Waals surface area contributed by atoms with Crippen molar-refractivity contribution in [2.75, 3.05) is 19.2 Å². The van der Waals surface area contributed by atoms with Gasteiger partial charge in [0, 0.05) is 12.2 Å². The van der Waals surface area contributed by atoms with Gasteiger partial charge in [-0.2, -0.15) is 0 Å². The summed E-state index contributed by atoms with van der Waals surface area (Å²) in [6.45, 7) is 0.835. The first kappa shape index (κ1) is 13.3. The molecule has 0 fully saturated rings. The van der Waals surface area contributed by atoms with E-state index in [1.807, 2.05) is 30.3 Å². The summed E-state index contributed by atoms with van der Waals surface area (Å²) in [6, 6.07) is 13.0. The average Bonchev–Trinajstić information content (AvgIpc) is 3.00. The minimum atomic E-state index is -0.358. The molecule has 0 bridgehead atoms. The Bertz CT molecular complexity index is 669. The van der Waals surface area contributed by atoms with Crippen LogP contribution in [0.5, 0.6) is 11.5 Å². The Morgan fingerprint density at radius 2 is 2.00 bits per heavy atom. The highest BCUT2D eigenvalue weighted by Gasteiger charge is 2.14. The van der Waals surface area contributed by atoms with Crippen LogP contribution < -0.4 is 14.8 Å². The van der Waals surface area contributed by atoms with Gasteiger partial charge < -0.3 is 19.5 Å². The van der Waals surface area contributed by atoms with Gasteiger partial charge in [-0.15, -0.1) is 0 Å². The SMILES string of the molecule is COC(=O)c1ccccc1NCc1ccc2c(c1)OCO2. The number of hydrogen-bond donors (Lipinski definition) is 1. The molecule has 108 valence electrons. The molecule has 21 heavy (non-hydrogen) atoms. The number of esters is 1. The molecule has 0 aliphatic carbocycles. The molecule has 0 amide bonds. The molecule has 2 aromatic carbocycles. The van der Waals surface area contributed by atoms with Crippen LogP contribution in [-0.4, -0.2) is 19.9 Å². The van der Waals surface area contributed by atoms with Crippen LogP contribution in [0.4, 0.5) is 5.69 Å². The Kier molecular flexibility index (Phi) is 3.64. The van der Waals surface area contributed by atoms with Crippen LogP contribution in [-0.2, 0) is 11.3 Å². The number of hydrogen-bond acceptors (Lipinski definition) is 5. The van der Waals surface area contributed by atoms with Crippen molar-refractivity contribution in [2.24, 2.45) is 0 Å². The highest BCUT2D eigenvalue weighted by molar-refractivity contribution is 5.95. The molecule has 0 atom stereocenters. The Labute approximate surface area is 122 Å². The highest BCUT2D eigenvalue weighted by atomic mass is 16.7. The lowest BCUT2D eigenvalue weighted by atomic mass is 10.1. The molecule has 3 rings (SSSR count). The van der Waals surface area contributed by atoms with E-state index < -0.39 is 0 Å². The number of fused-ring (bicyclic) bond motifs is 1. The van der Waals surface area contributed by atoms with Gasteiger partial charge >= 0.3 is 5.97 Å². The maximum Gasteiger partial charge on any atom is 0.339 e. The number of para-hydroxylation sites is 1. The second kappa shape index (κ2) is 5.75. The van der Waals surface area contributed by atoms with Gasteiger partial charge in [0.05, 0.1) is 12.7 Å². The molecule has 1 heterocycles. The molecule has 0 saturated carbocycles. The fraction of sp³-hybridized carbons (Fsp3) is 0.188. The van der Waals surface area contributed by atoms with Crippen molar-refractivity contribution >= 4 is 11.7 Å². The minimum Gasteiger partial charge on any atom is -0.465 e. The molecule has 1 aliphatic rings. The summed E-state index contributed by atoms with van der Waals surface area (Å²) in [5.74, 6) is 1.15. The van der Waals surface area contributed by atoms with E-state index >= 15 is 0 Å². The zero-order valence-corrected chi connectivity index (χ0v) is 11.6. The molecule has 2 aromatic rings. The molecular formula is C16H15NO4. The van der Waals surface area contributed by atoms with E-state index in [-0.39, 0.29) is 12.8 Å². The average molecular weight is 285 g/mol. The molecule has 0 saturated heterocycles. The zero-order valence-electron chi connectivity index (χ0n) is 11.6. The first-order valence-corrected chi connectivity index (χ1v) is 6.57. The molecule has 5 heteroatoms. The summed E-state index contributed by atoms with van der Waals surface area (Å²) >= 11 is 0. The van der Waals surface area contributed by atoms with Crippen LogP contribution in [0.15, 0.2) is 42.5 Å². The lowest BCUT2D eigenvalue weighted by Gasteiger charge is -2.11. The summed E-state index contributed by atoms with van der Waals surface area (Å²) in [4.78, 5) is 11.7. The molecule has 0 radical (unpaired) electrons. The van der Waals surface area contributed by atoms with Crippen molar-refractivity contribution in [3.63, 3.8) is 0 Å². The van der Waals surface area contributed by atoms with Crippen molar-refractivity contribution in [3.05, 3.63) is 53.6 Å². The molecule has 1 aliphatic heterocycles. The fourth-order valence-corrected chi connectivity index (χ4v) is 2.17. The van der Waals surface area contributed by atoms with Crippen molar-refractivity contribution in [1.29, 1.82) is 0 Å². The summed E-state index contributed by atoms with van der Waals surface area (Å²) in [5, 5.41) is 3.24. The van der Waals surface area contributed by atoms with Crippen LogP contribution in [0.2, 0.25) is 0 Å². The first-order valence-electron chi connectivity index (χ1n) is 6.57. The molecule has 1 N–H and O–H groups in total. The predicted octanol–water partition coefficient (Wildman–Crippen LogP) is 2.81. The lowest BCUT2D eigenvalue weighted by Crippen LogP contribution is -2.08. The van der Waals surface area contributed by atoms with E-state index in [2.05, 4.69) is 5.32 Å². The Morgan fingerprint density at radius 3 is 2.86 bits per heavy atom. The van der Waals surface area contributed by atoms with Gasteiger partial charge in [0.15, 0.2) is 11.5 Å². The third-order valence-electron chi connectivity index (χ3n) is 3.25. The van der Waals surface area contributed by atoms with Crippen LogP contribution in [0.1, 0.15) is 15.9 Å². The maximum absolute atomic E-state index is 11.7. The van der Waals surface area contributed by atoms with E-state index in [0.29, 0.717) is 12.1 Å². The van der Waals surface area contributed by atoms with E-state index in [0.717, 1.165) is 22.7 Å². The standard InChI is InChI=1S/C16H15NO4/c1-19-16(18)12-4-2-3-5-13(12)17-9-11-6-7-14-15(8-11)21-10-20-14/h2-8,17H,9-10H2,1H3. The minimum absolute atomic E-state index is 0.261. The molecule has 0 aromatic heterocycles. The Balaban J connectivity index is 1.75. The highest BCUT2D eigenvalue weighted by Crippen LogP contribution is 2.32. The summed E-state index contributed by atoms with van der Waals surface area (Å²) in [6.07, 6.45) is 0. The first-order chi connectivity index (χ1) is 10.3. The quantitative estimate of drug-likeness (QED) is 0.875. The van der Waals surface area contributed by atoms with Crippen LogP contribution in [0.25, 0.3) is 0 Å². The van der Waals surface area contributed by atoms with E-state index in [1.165, 1.54) is 7.11 Å². The van der Waals surface area contributed by atoms with Crippen LogP contribution in [0, 0.1) is 0 Å². The number of benzene rings is 2. The number of nitrogens with one attached hydrogen (secondary N) is 1. The Hall–Kier alpha value is -2.69. The third-order valence-corrected chi connectivity index (χ3v) is 3.25. The van der Waals surface area contributed by atoms with Crippen LogP contribution >= 0.6 is 0 Å².